The molecule has 0 bridgehead atoms. The summed E-state index contributed by atoms with van der Waals surface area (Å²) in [4.78, 5) is 0. The highest BCUT2D eigenvalue weighted by Gasteiger charge is 2.16. The van der Waals surface area contributed by atoms with E-state index in [1.165, 1.54) is 44.9 Å². The van der Waals surface area contributed by atoms with Crippen molar-refractivity contribution in [3.05, 3.63) is 0 Å². The molecule has 0 aromatic carbocycles. The monoisotopic (exact) mass is 242 g/mol. The highest BCUT2D eigenvalue weighted by atomic mass is 16.3. The van der Waals surface area contributed by atoms with Gasteiger partial charge in [0.25, 0.3) is 0 Å². The van der Waals surface area contributed by atoms with Crippen LogP contribution in [0.5, 0.6) is 0 Å². The second-order valence-electron chi connectivity index (χ2n) is 5.91. The third-order valence-electron chi connectivity index (χ3n) is 3.78. The maximum absolute atomic E-state index is 10.1. The van der Waals surface area contributed by atoms with E-state index >= 15 is 0 Å². The van der Waals surface area contributed by atoms with Crippen molar-refractivity contribution < 1.29 is 5.11 Å². The summed E-state index contributed by atoms with van der Waals surface area (Å²) in [7, 11) is 0. The van der Waals surface area contributed by atoms with Gasteiger partial charge in [-0.15, -0.1) is 0 Å². The van der Waals surface area contributed by atoms with E-state index in [0.29, 0.717) is 5.92 Å². The molecule has 0 aliphatic carbocycles. The molecule has 0 aliphatic rings. The molecule has 2 atom stereocenters. The van der Waals surface area contributed by atoms with E-state index in [1.54, 1.807) is 0 Å². The molecule has 0 saturated carbocycles. The van der Waals surface area contributed by atoms with Crippen molar-refractivity contribution in [2.75, 3.05) is 0 Å². The summed E-state index contributed by atoms with van der Waals surface area (Å²) in [6.45, 7) is 9.01. The summed E-state index contributed by atoms with van der Waals surface area (Å²) in [5, 5.41) is 10.1. The van der Waals surface area contributed by atoms with Crippen LogP contribution in [0.15, 0.2) is 0 Å². The van der Waals surface area contributed by atoms with E-state index in [-0.39, 0.29) is 6.10 Å². The summed E-state index contributed by atoms with van der Waals surface area (Å²) in [6, 6.07) is 0. The van der Waals surface area contributed by atoms with E-state index < -0.39 is 0 Å². The van der Waals surface area contributed by atoms with Gasteiger partial charge in [0.1, 0.15) is 0 Å². The molecule has 0 radical (unpaired) electrons. The number of hydrogen-bond donors (Lipinski definition) is 1. The summed E-state index contributed by atoms with van der Waals surface area (Å²) in [6.07, 6.45) is 11.0. The smallest absolute Gasteiger partial charge is 0.0568 e. The van der Waals surface area contributed by atoms with Crippen LogP contribution in [0, 0.1) is 11.8 Å². The first-order valence-corrected chi connectivity index (χ1v) is 7.79. The van der Waals surface area contributed by atoms with Gasteiger partial charge in [0.2, 0.25) is 0 Å². The lowest BCUT2D eigenvalue weighted by Crippen LogP contribution is -2.19. The van der Waals surface area contributed by atoms with E-state index in [9.17, 15) is 5.11 Å². The Labute approximate surface area is 109 Å². The van der Waals surface area contributed by atoms with Gasteiger partial charge in [-0.2, -0.15) is 0 Å². The highest BCUT2D eigenvalue weighted by molar-refractivity contribution is 4.68. The van der Waals surface area contributed by atoms with Crippen molar-refractivity contribution in [1.29, 1.82) is 0 Å². The topological polar surface area (TPSA) is 20.2 Å². The Balaban J connectivity index is 3.56. The van der Waals surface area contributed by atoms with Gasteiger partial charge in [-0.3, -0.25) is 0 Å². The first kappa shape index (κ1) is 17.0. The quantitative estimate of drug-likeness (QED) is 0.496. The highest BCUT2D eigenvalue weighted by Crippen LogP contribution is 2.21. The van der Waals surface area contributed by atoms with Crippen LogP contribution in [0.2, 0.25) is 0 Å². The molecule has 0 spiro atoms. The molecule has 1 nitrogen and oxygen atoms in total. The van der Waals surface area contributed by atoms with Crippen molar-refractivity contribution in [3.8, 4) is 0 Å². The zero-order valence-corrected chi connectivity index (χ0v) is 12.5. The van der Waals surface area contributed by atoms with E-state index in [2.05, 4.69) is 27.7 Å². The SMILES string of the molecule is CCCCC(CC)C(O)CCCCCC(C)C. The van der Waals surface area contributed by atoms with Crippen molar-refractivity contribution in [2.24, 2.45) is 11.8 Å². The maximum Gasteiger partial charge on any atom is 0.0568 e. The van der Waals surface area contributed by atoms with Gasteiger partial charge < -0.3 is 5.11 Å². The number of aliphatic hydroxyl groups excluding tert-OH is 1. The Hall–Kier alpha value is -0.0400. The predicted octanol–water partition coefficient (Wildman–Crippen LogP) is 5.17. The van der Waals surface area contributed by atoms with E-state index in [4.69, 9.17) is 0 Å². The second-order valence-corrected chi connectivity index (χ2v) is 5.91. The Bertz CT molecular complexity index is 154. The Morgan fingerprint density at radius 3 is 2.00 bits per heavy atom. The summed E-state index contributed by atoms with van der Waals surface area (Å²) >= 11 is 0. The summed E-state index contributed by atoms with van der Waals surface area (Å²) < 4.78 is 0. The average molecular weight is 242 g/mol. The average Bonchev–Trinajstić information content (AvgIpc) is 2.29. The molecule has 0 heterocycles. The number of aliphatic hydroxyl groups is 1. The van der Waals surface area contributed by atoms with Crippen molar-refractivity contribution >= 4 is 0 Å². The van der Waals surface area contributed by atoms with Crippen LogP contribution in [0.25, 0.3) is 0 Å². The van der Waals surface area contributed by atoms with Crippen LogP contribution in [0.3, 0.4) is 0 Å². The molecule has 104 valence electrons. The van der Waals surface area contributed by atoms with Crippen molar-refractivity contribution in [3.63, 3.8) is 0 Å². The normalized spacial score (nSPS) is 15.2. The molecule has 17 heavy (non-hydrogen) atoms. The van der Waals surface area contributed by atoms with E-state index in [0.717, 1.165) is 18.8 Å². The Kier molecular flexibility index (Phi) is 11.0. The molecular formula is C16H34O. The minimum atomic E-state index is -0.0504. The molecule has 0 fully saturated rings. The molecule has 1 heteroatoms. The first-order chi connectivity index (χ1) is 8.11. The number of hydrogen-bond acceptors (Lipinski definition) is 1. The largest absolute Gasteiger partial charge is 0.393 e. The summed E-state index contributed by atoms with van der Waals surface area (Å²) in [5.74, 6) is 1.37. The number of rotatable bonds is 11. The molecule has 2 unspecified atom stereocenters. The van der Waals surface area contributed by atoms with Crippen molar-refractivity contribution in [2.45, 2.75) is 91.6 Å². The van der Waals surface area contributed by atoms with E-state index in [1.807, 2.05) is 0 Å². The standard InChI is InChI=1S/C16H34O/c1-5-7-12-15(6-2)16(17)13-10-8-9-11-14(3)4/h14-17H,5-13H2,1-4H3. The minimum Gasteiger partial charge on any atom is -0.393 e. The fraction of sp³-hybridized carbons (Fsp3) is 1.00. The third-order valence-corrected chi connectivity index (χ3v) is 3.78. The van der Waals surface area contributed by atoms with Crippen LogP contribution >= 0.6 is 0 Å². The third kappa shape index (κ3) is 9.64. The Morgan fingerprint density at radius 1 is 0.824 bits per heavy atom. The van der Waals surface area contributed by atoms with Gasteiger partial charge in [0.15, 0.2) is 0 Å². The lowest BCUT2D eigenvalue weighted by Gasteiger charge is -2.21. The van der Waals surface area contributed by atoms with Crippen LogP contribution in [-0.4, -0.2) is 11.2 Å². The molecule has 0 aromatic rings. The molecule has 1 N–H and O–H groups in total. The number of unbranched alkanes of at least 4 members (excludes halogenated alkanes) is 3. The molecule has 0 aliphatic heterocycles. The fourth-order valence-electron chi connectivity index (χ4n) is 2.45. The molecular weight excluding hydrogens is 208 g/mol. The van der Waals surface area contributed by atoms with Crippen LogP contribution in [0.1, 0.15) is 85.5 Å². The van der Waals surface area contributed by atoms with Gasteiger partial charge in [0.05, 0.1) is 6.10 Å². The second kappa shape index (κ2) is 11.1. The zero-order chi connectivity index (χ0) is 13.1. The Morgan fingerprint density at radius 2 is 1.47 bits per heavy atom. The van der Waals surface area contributed by atoms with Gasteiger partial charge in [-0.05, 0) is 24.7 Å². The van der Waals surface area contributed by atoms with Crippen LogP contribution < -0.4 is 0 Å². The lowest BCUT2D eigenvalue weighted by atomic mass is 9.90. The van der Waals surface area contributed by atoms with Crippen LogP contribution in [-0.2, 0) is 0 Å². The van der Waals surface area contributed by atoms with Gasteiger partial charge in [-0.25, -0.2) is 0 Å². The predicted molar refractivity (Wildman–Crippen MR) is 77.2 cm³/mol. The first-order valence-electron chi connectivity index (χ1n) is 7.79. The fourth-order valence-corrected chi connectivity index (χ4v) is 2.45. The van der Waals surface area contributed by atoms with Crippen LogP contribution in [0.4, 0.5) is 0 Å². The van der Waals surface area contributed by atoms with Gasteiger partial charge in [-0.1, -0.05) is 72.6 Å². The van der Waals surface area contributed by atoms with Crippen molar-refractivity contribution in [1.82, 2.24) is 0 Å². The van der Waals surface area contributed by atoms with Gasteiger partial charge >= 0.3 is 0 Å². The minimum absolute atomic E-state index is 0.0504. The molecule has 0 aromatic heterocycles. The summed E-state index contributed by atoms with van der Waals surface area (Å²) in [5.41, 5.74) is 0. The molecule has 0 rings (SSSR count). The maximum atomic E-state index is 10.1. The molecule has 0 saturated heterocycles. The lowest BCUT2D eigenvalue weighted by molar-refractivity contribution is 0.0874. The zero-order valence-electron chi connectivity index (χ0n) is 12.5. The molecule has 0 amide bonds. The van der Waals surface area contributed by atoms with Gasteiger partial charge in [0, 0.05) is 0 Å².